The number of rotatable bonds is 2. The average molecular weight is 371 g/mol. The number of nitrogens with two attached hydrogens (primary N) is 1. The predicted octanol–water partition coefficient (Wildman–Crippen LogP) is 3.03. The molecule has 6 nitrogen and oxygen atoms in total. The SMILES string of the molecule is COC(=O)c1c(N)c(C#N)cn1-c1ccc2ncccc2c1Br. The number of pyridine rings is 1. The van der Waals surface area contributed by atoms with E-state index in [2.05, 4.69) is 20.9 Å². The van der Waals surface area contributed by atoms with Crippen molar-refractivity contribution in [3.63, 3.8) is 0 Å². The van der Waals surface area contributed by atoms with E-state index < -0.39 is 5.97 Å². The summed E-state index contributed by atoms with van der Waals surface area (Å²) in [5.74, 6) is -0.609. The molecule has 0 aliphatic rings. The molecule has 0 bridgehead atoms. The van der Waals surface area contributed by atoms with E-state index in [1.54, 1.807) is 16.8 Å². The predicted molar refractivity (Wildman–Crippen MR) is 89.2 cm³/mol. The highest BCUT2D eigenvalue weighted by Gasteiger charge is 2.23. The third-order valence-electron chi connectivity index (χ3n) is 3.50. The zero-order valence-corrected chi connectivity index (χ0v) is 13.7. The summed E-state index contributed by atoms with van der Waals surface area (Å²) in [6.45, 7) is 0. The van der Waals surface area contributed by atoms with Crippen molar-refractivity contribution in [2.24, 2.45) is 0 Å². The fourth-order valence-corrected chi connectivity index (χ4v) is 3.05. The van der Waals surface area contributed by atoms with Gasteiger partial charge in [-0.25, -0.2) is 4.79 Å². The minimum Gasteiger partial charge on any atom is -0.464 e. The van der Waals surface area contributed by atoms with Crippen LogP contribution in [0, 0.1) is 11.3 Å². The van der Waals surface area contributed by atoms with E-state index in [1.165, 1.54) is 13.3 Å². The molecule has 0 aliphatic carbocycles. The molecule has 2 heterocycles. The lowest BCUT2D eigenvalue weighted by Crippen LogP contribution is -2.11. The van der Waals surface area contributed by atoms with Crippen LogP contribution in [0.25, 0.3) is 16.6 Å². The molecule has 0 saturated heterocycles. The third-order valence-corrected chi connectivity index (χ3v) is 4.34. The number of methoxy groups -OCH3 is 1. The molecule has 0 atom stereocenters. The van der Waals surface area contributed by atoms with E-state index in [-0.39, 0.29) is 16.9 Å². The van der Waals surface area contributed by atoms with E-state index in [1.807, 2.05) is 24.3 Å². The summed E-state index contributed by atoms with van der Waals surface area (Å²) in [6.07, 6.45) is 3.22. The van der Waals surface area contributed by atoms with Gasteiger partial charge in [-0.15, -0.1) is 0 Å². The van der Waals surface area contributed by atoms with Gasteiger partial charge in [-0.3, -0.25) is 4.98 Å². The molecule has 0 unspecified atom stereocenters. The normalized spacial score (nSPS) is 10.5. The second-order valence-corrected chi connectivity index (χ2v) is 5.54. The largest absolute Gasteiger partial charge is 0.464 e. The van der Waals surface area contributed by atoms with Gasteiger partial charge in [0, 0.05) is 17.8 Å². The molecule has 0 spiro atoms. The van der Waals surface area contributed by atoms with Gasteiger partial charge in [-0.2, -0.15) is 5.26 Å². The highest BCUT2D eigenvalue weighted by atomic mass is 79.9. The maximum atomic E-state index is 12.1. The lowest BCUT2D eigenvalue weighted by atomic mass is 10.2. The Morgan fingerprint density at radius 1 is 1.43 bits per heavy atom. The minimum absolute atomic E-state index is 0.0949. The molecule has 0 amide bonds. The smallest absolute Gasteiger partial charge is 0.357 e. The zero-order chi connectivity index (χ0) is 16.6. The van der Waals surface area contributed by atoms with Crippen LogP contribution >= 0.6 is 15.9 Å². The van der Waals surface area contributed by atoms with Gasteiger partial charge >= 0.3 is 5.97 Å². The van der Waals surface area contributed by atoms with Crippen LogP contribution in [0.4, 0.5) is 5.69 Å². The van der Waals surface area contributed by atoms with Crippen molar-refractivity contribution >= 4 is 38.5 Å². The Kier molecular flexibility index (Phi) is 3.76. The fraction of sp³-hybridized carbons (Fsp3) is 0.0625. The number of aromatic nitrogens is 2. The van der Waals surface area contributed by atoms with Crippen LogP contribution in [0.3, 0.4) is 0 Å². The molecule has 1 aromatic carbocycles. The Balaban J connectivity index is 2.33. The summed E-state index contributed by atoms with van der Waals surface area (Å²) >= 11 is 3.54. The number of hydrogen-bond donors (Lipinski definition) is 1. The van der Waals surface area contributed by atoms with Crippen molar-refractivity contribution in [3.8, 4) is 11.8 Å². The molecule has 0 fully saturated rings. The number of carbonyl (C=O) groups is 1. The first kappa shape index (κ1) is 15.1. The number of anilines is 1. The topological polar surface area (TPSA) is 93.9 Å². The number of ether oxygens (including phenoxy) is 1. The Morgan fingerprint density at radius 3 is 2.91 bits per heavy atom. The van der Waals surface area contributed by atoms with Crippen LogP contribution < -0.4 is 5.73 Å². The van der Waals surface area contributed by atoms with Crippen LogP contribution in [0.5, 0.6) is 0 Å². The van der Waals surface area contributed by atoms with Gasteiger partial charge in [0.1, 0.15) is 6.07 Å². The van der Waals surface area contributed by atoms with E-state index >= 15 is 0 Å². The Bertz CT molecular complexity index is 972. The molecule has 23 heavy (non-hydrogen) atoms. The summed E-state index contributed by atoms with van der Waals surface area (Å²) < 4.78 is 7.08. The highest BCUT2D eigenvalue weighted by Crippen LogP contribution is 2.33. The molecule has 2 N–H and O–H groups in total. The first-order chi connectivity index (χ1) is 11.1. The summed E-state index contributed by atoms with van der Waals surface area (Å²) in [4.78, 5) is 16.4. The van der Waals surface area contributed by atoms with Gasteiger partial charge in [0.05, 0.1) is 34.0 Å². The average Bonchev–Trinajstić information content (AvgIpc) is 2.91. The van der Waals surface area contributed by atoms with Gasteiger partial charge in [0.15, 0.2) is 5.69 Å². The Hall–Kier alpha value is -2.85. The maximum absolute atomic E-state index is 12.1. The van der Waals surface area contributed by atoms with Crippen LogP contribution in [0.1, 0.15) is 16.1 Å². The van der Waals surface area contributed by atoms with E-state index in [0.29, 0.717) is 5.69 Å². The van der Waals surface area contributed by atoms with Crippen molar-refractivity contribution in [3.05, 3.63) is 52.4 Å². The molecule has 114 valence electrons. The first-order valence-electron chi connectivity index (χ1n) is 6.61. The zero-order valence-electron chi connectivity index (χ0n) is 12.1. The molecule has 0 radical (unpaired) electrons. The lowest BCUT2D eigenvalue weighted by molar-refractivity contribution is 0.0593. The molecular weight excluding hydrogens is 360 g/mol. The number of nitrogens with zero attached hydrogens (tertiary/aromatic N) is 3. The van der Waals surface area contributed by atoms with Gasteiger partial charge in [0.25, 0.3) is 0 Å². The number of fused-ring (bicyclic) bond motifs is 1. The Labute approximate surface area is 140 Å². The number of benzene rings is 1. The van der Waals surface area contributed by atoms with Crippen LogP contribution in [-0.2, 0) is 4.74 Å². The summed E-state index contributed by atoms with van der Waals surface area (Å²) in [5, 5.41) is 10.1. The van der Waals surface area contributed by atoms with Crippen molar-refractivity contribution in [1.82, 2.24) is 9.55 Å². The van der Waals surface area contributed by atoms with Crippen molar-refractivity contribution in [2.45, 2.75) is 0 Å². The number of nitriles is 1. The van der Waals surface area contributed by atoms with E-state index in [4.69, 9.17) is 10.5 Å². The first-order valence-corrected chi connectivity index (χ1v) is 7.40. The lowest BCUT2D eigenvalue weighted by Gasteiger charge is -2.12. The minimum atomic E-state index is -0.609. The van der Waals surface area contributed by atoms with Crippen LogP contribution in [0.2, 0.25) is 0 Å². The van der Waals surface area contributed by atoms with Crippen LogP contribution in [0.15, 0.2) is 41.1 Å². The van der Waals surface area contributed by atoms with Gasteiger partial charge in [0.2, 0.25) is 0 Å². The number of halogens is 1. The number of carbonyl (C=O) groups excluding carboxylic acids is 1. The second kappa shape index (κ2) is 5.74. The maximum Gasteiger partial charge on any atom is 0.357 e. The molecule has 3 aromatic rings. The monoisotopic (exact) mass is 370 g/mol. The number of nitrogen functional groups attached to an aromatic ring is 1. The van der Waals surface area contributed by atoms with Gasteiger partial charge < -0.3 is 15.0 Å². The van der Waals surface area contributed by atoms with Crippen LogP contribution in [-0.4, -0.2) is 22.6 Å². The second-order valence-electron chi connectivity index (χ2n) is 4.75. The highest BCUT2D eigenvalue weighted by molar-refractivity contribution is 9.10. The standard InChI is InChI=1S/C16H11BrN4O2/c1-23-16(22)15-14(19)9(7-18)8-21(15)12-5-4-11-10(13(12)17)3-2-6-20-11/h2-6,8H,19H2,1H3. The summed E-state index contributed by atoms with van der Waals surface area (Å²) in [6, 6.07) is 9.34. The molecule has 3 rings (SSSR count). The number of hydrogen-bond acceptors (Lipinski definition) is 5. The van der Waals surface area contributed by atoms with E-state index in [0.717, 1.165) is 15.4 Å². The molecular formula is C16H11BrN4O2. The fourth-order valence-electron chi connectivity index (χ4n) is 2.40. The third kappa shape index (κ3) is 2.33. The Morgan fingerprint density at radius 2 is 2.22 bits per heavy atom. The molecule has 0 aliphatic heterocycles. The van der Waals surface area contributed by atoms with Crippen molar-refractivity contribution < 1.29 is 9.53 Å². The summed E-state index contributed by atoms with van der Waals surface area (Å²) in [7, 11) is 1.27. The van der Waals surface area contributed by atoms with Crippen molar-refractivity contribution in [2.75, 3.05) is 12.8 Å². The van der Waals surface area contributed by atoms with E-state index in [9.17, 15) is 10.1 Å². The summed E-state index contributed by atoms with van der Waals surface area (Å²) in [5.41, 5.74) is 7.82. The molecule has 7 heteroatoms. The van der Waals surface area contributed by atoms with Gasteiger partial charge in [-0.05, 0) is 34.1 Å². The quantitative estimate of drug-likeness (QED) is 0.699. The van der Waals surface area contributed by atoms with Crippen molar-refractivity contribution in [1.29, 1.82) is 5.26 Å². The van der Waals surface area contributed by atoms with Gasteiger partial charge in [-0.1, -0.05) is 6.07 Å². The number of esters is 1. The molecule has 2 aromatic heterocycles. The molecule has 0 saturated carbocycles.